The molecular formula is C10H5ClF3NO3. The van der Waals surface area contributed by atoms with Crippen LogP contribution in [-0.4, -0.2) is 17.2 Å². The van der Waals surface area contributed by atoms with Crippen LogP contribution in [0.3, 0.4) is 0 Å². The second-order valence-electron chi connectivity index (χ2n) is 3.52. The van der Waals surface area contributed by atoms with Gasteiger partial charge in [-0.25, -0.2) is 0 Å². The van der Waals surface area contributed by atoms with E-state index < -0.39 is 22.9 Å². The van der Waals surface area contributed by atoms with Crippen molar-refractivity contribution in [1.29, 1.82) is 0 Å². The molecular weight excluding hydrogens is 275 g/mol. The zero-order valence-electron chi connectivity index (χ0n) is 8.57. The van der Waals surface area contributed by atoms with Crippen molar-refractivity contribution in [1.82, 2.24) is 0 Å². The minimum Gasteiger partial charge on any atom is -0.469 e. The SMILES string of the molecule is O=[N+]([O-])C1=Cc2c(Cl)cccc2OC1C(F)(F)F. The van der Waals surface area contributed by atoms with Crippen molar-refractivity contribution in [3.05, 3.63) is 44.6 Å². The number of halogens is 4. The molecule has 8 heteroatoms. The molecule has 1 unspecified atom stereocenters. The van der Waals surface area contributed by atoms with Crippen molar-refractivity contribution < 1.29 is 22.8 Å². The molecule has 18 heavy (non-hydrogen) atoms. The van der Waals surface area contributed by atoms with E-state index in [1.165, 1.54) is 18.2 Å². The zero-order valence-corrected chi connectivity index (χ0v) is 9.33. The quantitative estimate of drug-likeness (QED) is 0.585. The smallest absolute Gasteiger partial charge is 0.436 e. The number of nitrogens with zero attached hydrogens (tertiary/aromatic N) is 1. The van der Waals surface area contributed by atoms with Crippen molar-refractivity contribution in [2.45, 2.75) is 12.3 Å². The molecule has 1 aliphatic heterocycles. The lowest BCUT2D eigenvalue weighted by Gasteiger charge is -2.24. The van der Waals surface area contributed by atoms with Gasteiger partial charge in [0, 0.05) is 11.6 Å². The molecule has 0 amide bonds. The first kappa shape index (κ1) is 12.7. The first-order valence-electron chi connectivity index (χ1n) is 4.68. The highest BCUT2D eigenvalue weighted by Gasteiger charge is 2.52. The number of hydrogen-bond donors (Lipinski definition) is 0. The third-order valence-electron chi connectivity index (χ3n) is 2.33. The van der Waals surface area contributed by atoms with Crippen molar-refractivity contribution >= 4 is 17.7 Å². The van der Waals surface area contributed by atoms with E-state index in [9.17, 15) is 23.3 Å². The minimum absolute atomic E-state index is 0.0753. The predicted molar refractivity (Wildman–Crippen MR) is 56.9 cm³/mol. The fraction of sp³-hybridized carbons (Fsp3) is 0.200. The molecule has 0 N–H and O–H groups in total. The zero-order chi connectivity index (χ0) is 13.5. The lowest BCUT2D eigenvalue weighted by atomic mass is 10.1. The molecule has 96 valence electrons. The Bertz CT molecular complexity index is 542. The number of fused-ring (bicyclic) bond motifs is 1. The monoisotopic (exact) mass is 279 g/mol. The summed E-state index contributed by atoms with van der Waals surface area (Å²) < 4.78 is 42.6. The van der Waals surface area contributed by atoms with Gasteiger partial charge in [-0.1, -0.05) is 17.7 Å². The Balaban J connectivity index is 2.57. The second kappa shape index (κ2) is 4.16. The van der Waals surface area contributed by atoms with Crippen LogP contribution in [0.5, 0.6) is 5.75 Å². The van der Waals surface area contributed by atoms with Crippen molar-refractivity contribution in [2.24, 2.45) is 0 Å². The van der Waals surface area contributed by atoms with E-state index in [4.69, 9.17) is 11.6 Å². The molecule has 0 fully saturated rings. The largest absolute Gasteiger partial charge is 0.469 e. The fourth-order valence-corrected chi connectivity index (χ4v) is 1.77. The molecule has 4 nitrogen and oxygen atoms in total. The van der Waals surface area contributed by atoms with Gasteiger partial charge in [0.25, 0.3) is 11.8 Å². The summed E-state index contributed by atoms with van der Waals surface area (Å²) in [6.07, 6.45) is -6.66. The molecule has 2 rings (SSSR count). The molecule has 1 aliphatic rings. The number of nitro groups is 1. The molecule has 0 aromatic heterocycles. The van der Waals surface area contributed by atoms with Gasteiger partial charge in [-0.3, -0.25) is 10.1 Å². The van der Waals surface area contributed by atoms with Gasteiger partial charge in [0.2, 0.25) is 0 Å². The maximum absolute atomic E-state index is 12.6. The Kier molecular flexibility index (Phi) is 2.94. The summed E-state index contributed by atoms with van der Waals surface area (Å²) >= 11 is 5.75. The van der Waals surface area contributed by atoms with Gasteiger partial charge in [-0.15, -0.1) is 0 Å². The van der Waals surface area contributed by atoms with Crippen molar-refractivity contribution in [2.75, 3.05) is 0 Å². The van der Waals surface area contributed by atoms with Crippen molar-refractivity contribution in [3.63, 3.8) is 0 Å². The van der Waals surface area contributed by atoms with E-state index in [0.29, 0.717) is 0 Å². The first-order chi connectivity index (χ1) is 8.30. The molecule has 0 bridgehead atoms. The van der Waals surface area contributed by atoms with Gasteiger partial charge in [0.15, 0.2) is 0 Å². The summed E-state index contributed by atoms with van der Waals surface area (Å²) in [5.74, 6) is -0.129. The maximum Gasteiger partial charge on any atom is 0.436 e. The summed E-state index contributed by atoms with van der Waals surface area (Å²) in [5, 5.41) is 10.7. The molecule has 0 radical (unpaired) electrons. The Morgan fingerprint density at radius 1 is 1.39 bits per heavy atom. The van der Waals surface area contributed by atoms with E-state index in [1.54, 1.807) is 0 Å². The molecule has 1 aromatic rings. The van der Waals surface area contributed by atoms with Gasteiger partial charge in [-0.2, -0.15) is 13.2 Å². The van der Waals surface area contributed by atoms with E-state index >= 15 is 0 Å². The third kappa shape index (κ3) is 2.13. The van der Waals surface area contributed by atoms with E-state index in [0.717, 1.165) is 6.08 Å². The van der Waals surface area contributed by atoms with Crippen molar-refractivity contribution in [3.8, 4) is 5.75 Å². The highest BCUT2D eigenvalue weighted by atomic mass is 35.5. The molecule has 1 aromatic carbocycles. The highest BCUT2D eigenvalue weighted by Crippen LogP contribution is 2.39. The minimum atomic E-state index is -4.86. The van der Waals surface area contributed by atoms with E-state index in [1.807, 2.05) is 0 Å². The molecule has 0 spiro atoms. The average molecular weight is 280 g/mol. The number of alkyl halides is 3. The van der Waals surface area contributed by atoms with Crippen LogP contribution in [0.25, 0.3) is 6.08 Å². The lowest BCUT2D eigenvalue weighted by molar-refractivity contribution is -0.443. The van der Waals surface area contributed by atoms with Gasteiger partial charge in [0.1, 0.15) is 5.75 Å². The summed E-state index contributed by atoms with van der Waals surface area (Å²) in [4.78, 5) is 9.53. The second-order valence-corrected chi connectivity index (χ2v) is 3.92. The van der Waals surface area contributed by atoms with Crippen LogP contribution in [0.2, 0.25) is 5.02 Å². The highest BCUT2D eigenvalue weighted by molar-refractivity contribution is 6.32. The Hall–Kier alpha value is -1.76. The van der Waals surface area contributed by atoms with Gasteiger partial charge in [-0.05, 0) is 12.1 Å². The number of benzene rings is 1. The van der Waals surface area contributed by atoms with E-state index in [-0.39, 0.29) is 16.3 Å². The topological polar surface area (TPSA) is 52.4 Å². The maximum atomic E-state index is 12.6. The first-order valence-corrected chi connectivity index (χ1v) is 5.06. The van der Waals surface area contributed by atoms with Gasteiger partial charge < -0.3 is 4.74 Å². The van der Waals surface area contributed by atoms with Crippen LogP contribution < -0.4 is 4.74 Å². The summed E-state index contributed by atoms with van der Waals surface area (Å²) in [6.45, 7) is 0. The van der Waals surface area contributed by atoms with Gasteiger partial charge >= 0.3 is 6.18 Å². The van der Waals surface area contributed by atoms with E-state index in [2.05, 4.69) is 4.74 Å². The molecule has 1 atom stereocenters. The summed E-state index contributed by atoms with van der Waals surface area (Å²) in [6, 6.07) is 4.08. The third-order valence-corrected chi connectivity index (χ3v) is 2.66. The summed E-state index contributed by atoms with van der Waals surface area (Å²) in [5.41, 5.74) is -1.01. The lowest BCUT2D eigenvalue weighted by Crippen LogP contribution is -2.40. The Morgan fingerprint density at radius 2 is 2.06 bits per heavy atom. The Morgan fingerprint density at radius 3 is 2.61 bits per heavy atom. The summed E-state index contributed by atoms with van der Waals surface area (Å²) in [7, 11) is 0. The van der Waals surface area contributed by atoms with Crippen LogP contribution in [0.4, 0.5) is 13.2 Å². The van der Waals surface area contributed by atoms with Crippen LogP contribution in [0.15, 0.2) is 23.9 Å². The fourth-order valence-electron chi connectivity index (χ4n) is 1.55. The molecule has 0 saturated carbocycles. The average Bonchev–Trinajstić information content (AvgIpc) is 2.26. The molecule has 1 heterocycles. The predicted octanol–water partition coefficient (Wildman–Crippen LogP) is 3.28. The number of ether oxygens (including phenoxy) is 1. The normalized spacial score (nSPS) is 18.7. The van der Waals surface area contributed by atoms with Crippen LogP contribution in [-0.2, 0) is 0 Å². The molecule has 0 saturated heterocycles. The Labute approximate surface area is 104 Å². The number of hydrogen-bond acceptors (Lipinski definition) is 3. The van der Waals surface area contributed by atoms with Crippen LogP contribution >= 0.6 is 11.6 Å². The van der Waals surface area contributed by atoms with Crippen LogP contribution in [0, 0.1) is 10.1 Å². The standard InChI is InChI=1S/C10H5ClF3NO3/c11-6-2-1-3-8-5(6)4-7(15(16)17)9(18-8)10(12,13)14/h1-4,9H. The number of rotatable bonds is 1. The van der Waals surface area contributed by atoms with Crippen LogP contribution in [0.1, 0.15) is 5.56 Å². The van der Waals surface area contributed by atoms with Gasteiger partial charge in [0.05, 0.1) is 9.95 Å². The molecule has 0 aliphatic carbocycles.